The summed E-state index contributed by atoms with van der Waals surface area (Å²) in [7, 11) is 2.04. The van der Waals surface area contributed by atoms with Gasteiger partial charge in [0.2, 0.25) is 0 Å². The zero-order chi connectivity index (χ0) is 8.39. The van der Waals surface area contributed by atoms with Crippen LogP contribution < -0.4 is 5.32 Å². The van der Waals surface area contributed by atoms with Crippen LogP contribution in [-0.2, 0) is 0 Å². The summed E-state index contributed by atoms with van der Waals surface area (Å²) >= 11 is 1.91. The van der Waals surface area contributed by atoms with Crippen LogP contribution in [0.25, 0.3) is 0 Å². The lowest BCUT2D eigenvalue weighted by molar-refractivity contribution is 0.262. The molecule has 1 saturated carbocycles. The highest BCUT2D eigenvalue weighted by atomic mass is 32.1. The fourth-order valence-corrected chi connectivity index (χ4v) is 2.80. The number of thiophene rings is 1. The molecule has 0 amide bonds. The van der Waals surface area contributed by atoms with Crippen molar-refractivity contribution < 1.29 is 0 Å². The normalized spacial score (nSPS) is 28.4. The Bertz CT molecular complexity index is 224. The van der Waals surface area contributed by atoms with Gasteiger partial charge in [-0.05, 0) is 49.7 Å². The van der Waals surface area contributed by atoms with E-state index in [1.807, 2.05) is 18.4 Å². The predicted molar refractivity (Wildman–Crippen MR) is 53.7 cm³/mol. The summed E-state index contributed by atoms with van der Waals surface area (Å²) in [4.78, 5) is 1.59. The Labute approximate surface area is 77.8 Å². The second kappa shape index (κ2) is 3.58. The Morgan fingerprint density at radius 1 is 1.58 bits per heavy atom. The highest BCUT2D eigenvalue weighted by molar-refractivity contribution is 7.10. The molecule has 0 saturated heterocycles. The minimum absolute atomic E-state index is 0.878. The molecule has 1 fully saturated rings. The van der Waals surface area contributed by atoms with E-state index in [9.17, 15) is 0 Å². The second-order valence-corrected chi connectivity index (χ2v) is 4.59. The van der Waals surface area contributed by atoms with E-state index in [-0.39, 0.29) is 0 Å². The quantitative estimate of drug-likeness (QED) is 0.755. The van der Waals surface area contributed by atoms with E-state index in [1.165, 1.54) is 19.4 Å². The molecule has 0 aliphatic heterocycles. The Morgan fingerprint density at radius 2 is 2.42 bits per heavy atom. The van der Waals surface area contributed by atoms with Gasteiger partial charge in [-0.3, -0.25) is 0 Å². The van der Waals surface area contributed by atoms with Gasteiger partial charge < -0.3 is 5.32 Å². The maximum Gasteiger partial charge on any atom is 0.00764 e. The van der Waals surface area contributed by atoms with Crippen molar-refractivity contribution in [3.8, 4) is 0 Å². The smallest absolute Gasteiger partial charge is 0.00764 e. The number of hydrogen-bond donors (Lipinski definition) is 1. The van der Waals surface area contributed by atoms with E-state index in [4.69, 9.17) is 0 Å². The first kappa shape index (κ1) is 8.27. The standard InChI is InChI=1S/C10H15NS/c1-11-7-8-5-9(6-8)10-3-2-4-12-10/h2-4,8-9,11H,5-7H2,1H3. The average molecular weight is 181 g/mol. The Morgan fingerprint density at radius 3 is 3.00 bits per heavy atom. The maximum atomic E-state index is 3.24. The van der Waals surface area contributed by atoms with Gasteiger partial charge in [-0.1, -0.05) is 6.07 Å². The van der Waals surface area contributed by atoms with Crippen molar-refractivity contribution in [3.63, 3.8) is 0 Å². The monoisotopic (exact) mass is 181 g/mol. The summed E-state index contributed by atoms with van der Waals surface area (Å²) in [5, 5.41) is 5.42. The third-order valence-electron chi connectivity index (χ3n) is 2.67. The van der Waals surface area contributed by atoms with Gasteiger partial charge in [0.25, 0.3) is 0 Å². The molecule has 1 heterocycles. The van der Waals surface area contributed by atoms with E-state index in [2.05, 4.69) is 22.8 Å². The largest absolute Gasteiger partial charge is 0.319 e. The van der Waals surface area contributed by atoms with E-state index < -0.39 is 0 Å². The summed E-state index contributed by atoms with van der Waals surface area (Å²) in [6.45, 7) is 1.20. The predicted octanol–water partition coefficient (Wildman–Crippen LogP) is 2.46. The number of nitrogens with one attached hydrogen (secondary N) is 1. The molecule has 1 aromatic heterocycles. The molecule has 1 N–H and O–H groups in total. The fraction of sp³-hybridized carbons (Fsp3) is 0.600. The van der Waals surface area contributed by atoms with Gasteiger partial charge in [-0.15, -0.1) is 11.3 Å². The summed E-state index contributed by atoms with van der Waals surface area (Å²) in [6.07, 6.45) is 2.78. The van der Waals surface area contributed by atoms with Crippen molar-refractivity contribution in [2.45, 2.75) is 18.8 Å². The van der Waals surface area contributed by atoms with E-state index in [0.717, 1.165) is 11.8 Å². The molecular formula is C10H15NS. The van der Waals surface area contributed by atoms with Crippen LogP contribution in [0.15, 0.2) is 17.5 Å². The fourth-order valence-electron chi connectivity index (χ4n) is 1.95. The molecule has 0 bridgehead atoms. The van der Waals surface area contributed by atoms with Gasteiger partial charge >= 0.3 is 0 Å². The lowest BCUT2D eigenvalue weighted by atomic mass is 9.74. The van der Waals surface area contributed by atoms with Crippen LogP contribution in [0.3, 0.4) is 0 Å². The zero-order valence-electron chi connectivity index (χ0n) is 7.42. The summed E-state index contributed by atoms with van der Waals surface area (Å²) < 4.78 is 0. The molecule has 2 rings (SSSR count). The van der Waals surface area contributed by atoms with E-state index in [1.54, 1.807) is 4.88 Å². The lowest BCUT2D eigenvalue weighted by Crippen LogP contribution is -2.29. The third kappa shape index (κ3) is 1.54. The molecule has 1 nitrogen and oxygen atoms in total. The summed E-state index contributed by atoms with van der Waals surface area (Å²) in [6, 6.07) is 4.43. The van der Waals surface area contributed by atoms with Crippen LogP contribution in [-0.4, -0.2) is 13.6 Å². The topological polar surface area (TPSA) is 12.0 Å². The first-order chi connectivity index (χ1) is 5.90. The average Bonchev–Trinajstić information content (AvgIpc) is 2.47. The Hall–Kier alpha value is -0.340. The minimum atomic E-state index is 0.878. The molecule has 0 aromatic carbocycles. The summed E-state index contributed by atoms with van der Waals surface area (Å²) in [5.74, 6) is 1.81. The van der Waals surface area contributed by atoms with Crippen LogP contribution in [0.5, 0.6) is 0 Å². The highest BCUT2D eigenvalue weighted by Gasteiger charge is 2.29. The van der Waals surface area contributed by atoms with E-state index >= 15 is 0 Å². The van der Waals surface area contributed by atoms with Crippen molar-refractivity contribution in [2.75, 3.05) is 13.6 Å². The van der Waals surface area contributed by atoms with Gasteiger partial charge in [-0.2, -0.15) is 0 Å². The van der Waals surface area contributed by atoms with Crippen LogP contribution >= 0.6 is 11.3 Å². The molecule has 0 spiro atoms. The van der Waals surface area contributed by atoms with E-state index in [0.29, 0.717) is 0 Å². The van der Waals surface area contributed by atoms with Crippen molar-refractivity contribution in [2.24, 2.45) is 5.92 Å². The summed E-state index contributed by atoms with van der Waals surface area (Å²) in [5.41, 5.74) is 0. The van der Waals surface area contributed by atoms with Gasteiger partial charge in [0.15, 0.2) is 0 Å². The van der Waals surface area contributed by atoms with Crippen LogP contribution in [0, 0.1) is 5.92 Å². The highest BCUT2D eigenvalue weighted by Crippen LogP contribution is 2.42. The minimum Gasteiger partial charge on any atom is -0.319 e. The van der Waals surface area contributed by atoms with Crippen LogP contribution in [0.4, 0.5) is 0 Å². The Balaban J connectivity index is 1.82. The first-order valence-electron chi connectivity index (χ1n) is 4.58. The van der Waals surface area contributed by atoms with Crippen LogP contribution in [0.2, 0.25) is 0 Å². The molecule has 0 radical (unpaired) electrons. The number of rotatable bonds is 3. The molecule has 66 valence electrons. The van der Waals surface area contributed by atoms with Crippen molar-refractivity contribution in [1.82, 2.24) is 5.32 Å². The second-order valence-electron chi connectivity index (χ2n) is 3.61. The maximum absolute atomic E-state index is 3.24. The lowest BCUT2D eigenvalue weighted by Gasteiger charge is -2.34. The molecule has 2 heteroatoms. The third-order valence-corrected chi connectivity index (χ3v) is 3.71. The Kier molecular flexibility index (Phi) is 2.47. The van der Waals surface area contributed by atoms with Crippen LogP contribution in [0.1, 0.15) is 23.6 Å². The van der Waals surface area contributed by atoms with Crippen molar-refractivity contribution in [1.29, 1.82) is 0 Å². The SMILES string of the molecule is CNCC1CC(c2cccs2)C1. The van der Waals surface area contributed by atoms with Gasteiger partial charge in [0.05, 0.1) is 0 Å². The van der Waals surface area contributed by atoms with Gasteiger partial charge in [-0.25, -0.2) is 0 Å². The molecule has 1 aliphatic carbocycles. The molecule has 0 atom stereocenters. The molecule has 1 aromatic rings. The van der Waals surface area contributed by atoms with Gasteiger partial charge in [0, 0.05) is 4.88 Å². The zero-order valence-corrected chi connectivity index (χ0v) is 8.23. The van der Waals surface area contributed by atoms with Crippen molar-refractivity contribution >= 4 is 11.3 Å². The molecule has 12 heavy (non-hydrogen) atoms. The van der Waals surface area contributed by atoms with Gasteiger partial charge in [0.1, 0.15) is 0 Å². The molecular weight excluding hydrogens is 166 g/mol. The van der Waals surface area contributed by atoms with Crippen molar-refractivity contribution in [3.05, 3.63) is 22.4 Å². The molecule has 1 aliphatic rings. The molecule has 0 unspecified atom stereocenters. The number of hydrogen-bond acceptors (Lipinski definition) is 2. The first-order valence-corrected chi connectivity index (χ1v) is 5.46.